The maximum absolute atomic E-state index is 13.0. The van der Waals surface area contributed by atoms with Gasteiger partial charge in [-0.05, 0) is 44.4 Å². The molecule has 3 aromatic rings. The summed E-state index contributed by atoms with van der Waals surface area (Å²) in [6.07, 6.45) is 4.88. The van der Waals surface area contributed by atoms with Gasteiger partial charge in [0.15, 0.2) is 5.75 Å². The molecule has 0 spiro atoms. The van der Waals surface area contributed by atoms with Crippen LogP contribution in [0.2, 0.25) is 0 Å². The zero-order chi connectivity index (χ0) is 24.3. The van der Waals surface area contributed by atoms with E-state index in [0.717, 1.165) is 18.4 Å². The lowest BCUT2D eigenvalue weighted by Gasteiger charge is -2.43. The summed E-state index contributed by atoms with van der Waals surface area (Å²) in [6, 6.07) is 7.11. The van der Waals surface area contributed by atoms with Gasteiger partial charge in [0.2, 0.25) is 0 Å². The van der Waals surface area contributed by atoms with Crippen molar-refractivity contribution in [1.82, 2.24) is 19.8 Å². The molecule has 6 rings (SSSR count). The van der Waals surface area contributed by atoms with Crippen LogP contribution < -0.4 is 19.7 Å². The molecule has 0 bridgehead atoms. The molecule has 4 heterocycles. The van der Waals surface area contributed by atoms with E-state index in [1.165, 1.54) is 0 Å². The van der Waals surface area contributed by atoms with Crippen LogP contribution in [-0.4, -0.2) is 69.4 Å². The summed E-state index contributed by atoms with van der Waals surface area (Å²) in [4.78, 5) is 29.0. The quantitative estimate of drug-likeness (QED) is 0.598. The fourth-order valence-corrected chi connectivity index (χ4v) is 4.62. The largest absolute Gasteiger partial charge is 0.489 e. The van der Waals surface area contributed by atoms with E-state index in [0.29, 0.717) is 53.7 Å². The van der Waals surface area contributed by atoms with Crippen LogP contribution >= 0.6 is 0 Å². The van der Waals surface area contributed by atoms with E-state index in [1.807, 2.05) is 19.9 Å². The van der Waals surface area contributed by atoms with Gasteiger partial charge in [-0.2, -0.15) is 5.10 Å². The molecule has 1 aromatic carbocycles. The first-order chi connectivity index (χ1) is 16.9. The number of nitrogens with one attached hydrogen (secondary N) is 1. The molecule has 2 unspecified atom stereocenters. The van der Waals surface area contributed by atoms with Crippen molar-refractivity contribution in [3.63, 3.8) is 0 Å². The second kappa shape index (κ2) is 8.16. The van der Waals surface area contributed by atoms with Crippen LogP contribution in [0.1, 0.15) is 35.7 Å². The molecule has 1 aliphatic carbocycles. The lowest BCUT2D eigenvalue weighted by molar-refractivity contribution is -0.0357. The number of nitrogens with zero attached hydrogens (tertiary/aromatic N) is 4. The number of hydrogen-bond acceptors (Lipinski definition) is 6. The Labute approximate surface area is 202 Å². The predicted molar refractivity (Wildman–Crippen MR) is 127 cm³/mol. The molecular formula is C25H27N5O5. The number of β-amino-alcohol motifs (C(OH)–C–C–N with tert-alkyl or cyclic N) is 1. The van der Waals surface area contributed by atoms with Gasteiger partial charge in [0.25, 0.3) is 5.91 Å². The van der Waals surface area contributed by atoms with Gasteiger partial charge in [0.1, 0.15) is 23.6 Å². The summed E-state index contributed by atoms with van der Waals surface area (Å²) in [5, 5.41) is 17.2. The molecule has 2 atom stereocenters. The highest BCUT2D eigenvalue weighted by molar-refractivity contribution is 5.99. The van der Waals surface area contributed by atoms with Crippen molar-refractivity contribution in [2.24, 2.45) is 0 Å². The summed E-state index contributed by atoms with van der Waals surface area (Å²) in [6.45, 7) is 4.92. The fourth-order valence-electron chi connectivity index (χ4n) is 4.62. The molecule has 2 aliphatic heterocycles. The van der Waals surface area contributed by atoms with Crippen molar-refractivity contribution in [1.29, 1.82) is 0 Å². The van der Waals surface area contributed by atoms with E-state index >= 15 is 0 Å². The van der Waals surface area contributed by atoms with Gasteiger partial charge in [-0.3, -0.25) is 9.69 Å². The molecule has 1 saturated heterocycles. The summed E-state index contributed by atoms with van der Waals surface area (Å²) >= 11 is 0. The molecule has 0 radical (unpaired) electrons. The number of aromatic nitrogens is 2. The van der Waals surface area contributed by atoms with Gasteiger partial charge in [-0.15, -0.1) is 0 Å². The van der Waals surface area contributed by atoms with Gasteiger partial charge in [-0.25, -0.2) is 9.31 Å². The number of anilines is 1. The molecule has 3 aliphatic rings. The Kier molecular flexibility index (Phi) is 5.06. The number of aryl methyl sites for hydroxylation is 1. The Bertz CT molecular complexity index is 1330. The molecule has 2 fully saturated rings. The Hall–Kier alpha value is -3.79. The van der Waals surface area contributed by atoms with Gasteiger partial charge < -0.3 is 24.8 Å². The normalized spacial score (nSPS) is 21.2. The average Bonchev–Trinajstić information content (AvgIpc) is 3.61. The third-order valence-electron chi connectivity index (χ3n) is 6.99. The highest BCUT2D eigenvalue weighted by atomic mass is 16.5. The van der Waals surface area contributed by atoms with E-state index in [9.17, 15) is 14.7 Å². The Morgan fingerprint density at radius 2 is 2.09 bits per heavy atom. The fraction of sp³-hybridized carbons (Fsp3) is 0.400. The van der Waals surface area contributed by atoms with E-state index < -0.39 is 6.10 Å². The van der Waals surface area contributed by atoms with Gasteiger partial charge in [0, 0.05) is 30.9 Å². The van der Waals surface area contributed by atoms with Gasteiger partial charge >= 0.3 is 6.03 Å². The van der Waals surface area contributed by atoms with Crippen LogP contribution in [0.5, 0.6) is 17.2 Å². The molecule has 182 valence electrons. The summed E-state index contributed by atoms with van der Waals surface area (Å²) in [5.41, 5.74) is 2.68. The average molecular weight is 478 g/mol. The zero-order valence-corrected chi connectivity index (χ0v) is 19.6. The van der Waals surface area contributed by atoms with E-state index in [-0.39, 0.29) is 24.0 Å². The number of carbonyl (C=O) groups excluding carboxylic acids is 2. The van der Waals surface area contributed by atoms with Crippen LogP contribution in [0.4, 0.5) is 10.5 Å². The number of likely N-dealkylation sites (tertiary alicyclic amines) is 1. The number of benzene rings is 1. The van der Waals surface area contributed by atoms with Crippen molar-refractivity contribution in [2.45, 2.75) is 44.9 Å². The van der Waals surface area contributed by atoms with E-state index in [1.54, 1.807) is 44.9 Å². The van der Waals surface area contributed by atoms with Crippen molar-refractivity contribution >= 4 is 23.1 Å². The first-order valence-electron chi connectivity index (χ1n) is 11.9. The van der Waals surface area contributed by atoms with Gasteiger partial charge in [-0.1, -0.05) is 0 Å². The second-order valence-electron chi connectivity index (χ2n) is 9.38. The SMILES string of the molecule is Cc1c(C(=O)N2CC(O)C2C)cn2nccc(Oc3ccc4c(c3)OCCN4C(=O)NC3CC3)c12. The number of rotatable bonds is 4. The molecule has 2 aromatic heterocycles. The van der Waals surface area contributed by atoms with Crippen LogP contribution in [0.15, 0.2) is 36.7 Å². The molecule has 2 N–H and O–H groups in total. The van der Waals surface area contributed by atoms with Crippen LogP contribution in [0, 0.1) is 6.92 Å². The minimum atomic E-state index is -0.491. The minimum Gasteiger partial charge on any atom is -0.489 e. The monoisotopic (exact) mass is 477 g/mol. The first kappa shape index (κ1) is 21.7. The van der Waals surface area contributed by atoms with Crippen molar-refractivity contribution in [3.05, 3.63) is 47.8 Å². The summed E-state index contributed by atoms with van der Waals surface area (Å²) in [5.74, 6) is 1.54. The number of amides is 3. The third-order valence-corrected chi connectivity index (χ3v) is 6.99. The van der Waals surface area contributed by atoms with Crippen LogP contribution in [0.25, 0.3) is 5.52 Å². The standard InChI is InChI=1S/C25H27N5O5/c1-14-18(24(32)29-13-20(31)15(29)2)12-30-23(14)21(7-8-26-30)35-17-5-6-19-22(11-17)34-10-9-28(19)25(33)27-16-3-4-16/h5-8,11-12,15-16,20,31H,3-4,9-10,13H2,1-2H3,(H,27,33). The molecule has 1 saturated carbocycles. The molecule has 3 amide bonds. The smallest absolute Gasteiger partial charge is 0.322 e. The number of fused-ring (bicyclic) bond motifs is 2. The van der Waals surface area contributed by atoms with E-state index in [2.05, 4.69) is 10.4 Å². The third kappa shape index (κ3) is 3.74. The highest BCUT2D eigenvalue weighted by Crippen LogP contribution is 2.38. The lowest BCUT2D eigenvalue weighted by atomic mass is 9.99. The maximum atomic E-state index is 13.0. The number of hydrogen-bond donors (Lipinski definition) is 2. The first-order valence-corrected chi connectivity index (χ1v) is 11.9. The Morgan fingerprint density at radius 3 is 2.83 bits per heavy atom. The zero-order valence-electron chi connectivity index (χ0n) is 19.6. The molecule has 10 heteroatoms. The molecule has 10 nitrogen and oxygen atoms in total. The number of urea groups is 1. The van der Waals surface area contributed by atoms with Crippen LogP contribution in [0.3, 0.4) is 0 Å². The molecule has 35 heavy (non-hydrogen) atoms. The summed E-state index contributed by atoms with van der Waals surface area (Å²) in [7, 11) is 0. The molecular weight excluding hydrogens is 450 g/mol. The maximum Gasteiger partial charge on any atom is 0.322 e. The minimum absolute atomic E-state index is 0.105. The summed E-state index contributed by atoms with van der Waals surface area (Å²) < 4.78 is 13.7. The van der Waals surface area contributed by atoms with E-state index in [4.69, 9.17) is 9.47 Å². The predicted octanol–water partition coefficient (Wildman–Crippen LogP) is 2.71. The Morgan fingerprint density at radius 1 is 1.26 bits per heavy atom. The van der Waals surface area contributed by atoms with Gasteiger partial charge in [0.05, 0.1) is 36.1 Å². The van der Waals surface area contributed by atoms with Crippen molar-refractivity contribution in [2.75, 3.05) is 24.6 Å². The number of aliphatic hydroxyl groups excluding tert-OH is 1. The lowest BCUT2D eigenvalue weighted by Crippen LogP contribution is -2.60. The second-order valence-corrected chi connectivity index (χ2v) is 9.38. The highest BCUT2D eigenvalue weighted by Gasteiger charge is 2.38. The Balaban J connectivity index is 1.27. The van der Waals surface area contributed by atoms with Crippen molar-refractivity contribution < 1.29 is 24.2 Å². The number of carbonyl (C=O) groups is 2. The van der Waals surface area contributed by atoms with Crippen molar-refractivity contribution in [3.8, 4) is 17.2 Å². The van der Waals surface area contributed by atoms with Crippen LogP contribution in [-0.2, 0) is 0 Å². The topological polar surface area (TPSA) is 109 Å². The number of ether oxygens (including phenoxy) is 2. The number of aliphatic hydroxyl groups is 1.